The molecule has 2 aliphatic heterocycles. The van der Waals surface area contributed by atoms with Gasteiger partial charge in [-0.25, -0.2) is 14.4 Å². The Morgan fingerprint density at radius 1 is 0.667 bits per heavy atom. The zero-order valence-corrected chi connectivity index (χ0v) is 22.2. The summed E-state index contributed by atoms with van der Waals surface area (Å²) in [6.07, 6.45) is -10.1. The summed E-state index contributed by atoms with van der Waals surface area (Å²) in [7, 11) is 0. The van der Waals surface area contributed by atoms with Gasteiger partial charge in [0.15, 0.2) is 46.4 Å². The van der Waals surface area contributed by atoms with Crippen molar-refractivity contribution in [1.82, 2.24) is 0 Å². The van der Waals surface area contributed by atoms with Crippen LogP contribution in [-0.4, -0.2) is 111 Å². The first-order valence-corrected chi connectivity index (χ1v) is 12.5. The highest BCUT2D eigenvalue weighted by atomic mass is 16.7. The third kappa shape index (κ3) is 4.97. The van der Waals surface area contributed by atoms with Gasteiger partial charge in [0.1, 0.15) is 12.2 Å². The number of aliphatic hydroxyl groups is 2. The molecule has 18 nitrogen and oxygen atoms in total. The zero-order valence-electron chi connectivity index (χ0n) is 22.2. The Kier molecular flexibility index (Phi) is 7.49. The van der Waals surface area contributed by atoms with Gasteiger partial charge in [0.2, 0.25) is 23.9 Å². The topological polar surface area (TPSA) is 311 Å². The molecule has 238 valence electrons. The van der Waals surface area contributed by atoms with Crippen molar-refractivity contribution in [3.63, 3.8) is 0 Å². The van der Waals surface area contributed by atoms with E-state index >= 15 is 0 Å². The molecule has 2 heterocycles. The standard InChI is InChI=1S/C27H22O18/c28-5-13-19(36)22-23(27(42-13)45-24(39)6-1-9(29)16(33)10(30)2-6)44-26(41)8-4-12(32)18(35)21(38)15(8)14-7(25(40)43-22)3-11(31)17(34)20(14)37/h1-4,13,19,22-23,27-38H,5H2/t13-,19+,22-,23+,27+/m0/s1. The molecule has 1 fully saturated rings. The summed E-state index contributed by atoms with van der Waals surface area (Å²) < 4.78 is 21.3. The van der Waals surface area contributed by atoms with E-state index in [2.05, 4.69) is 0 Å². The summed E-state index contributed by atoms with van der Waals surface area (Å²) in [5.74, 6) is -14.7. The van der Waals surface area contributed by atoms with Crippen LogP contribution in [0.25, 0.3) is 11.1 Å². The number of carbonyl (C=O) groups is 3. The molecule has 5 rings (SSSR count). The van der Waals surface area contributed by atoms with E-state index in [9.17, 15) is 70.6 Å². The Morgan fingerprint density at radius 2 is 1.11 bits per heavy atom. The zero-order chi connectivity index (χ0) is 33.1. The van der Waals surface area contributed by atoms with E-state index in [1.54, 1.807) is 0 Å². The maximum Gasteiger partial charge on any atom is 0.340 e. The van der Waals surface area contributed by atoms with E-state index in [4.69, 9.17) is 18.9 Å². The number of hydrogen-bond donors (Lipinski definition) is 11. The molecule has 0 aliphatic carbocycles. The van der Waals surface area contributed by atoms with Crippen molar-refractivity contribution in [2.75, 3.05) is 6.61 Å². The number of phenols is 9. The number of esters is 3. The molecule has 1 saturated heterocycles. The third-order valence-electron chi connectivity index (χ3n) is 7.01. The second-order valence-electron chi connectivity index (χ2n) is 9.76. The van der Waals surface area contributed by atoms with Crippen LogP contribution in [0.3, 0.4) is 0 Å². The molecule has 5 atom stereocenters. The van der Waals surface area contributed by atoms with Crippen LogP contribution in [0.1, 0.15) is 31.1 Å². The Labute approximate surface area is 248 Å². The van der Waals surface area contributed by atoms with E-state index in [1.165, 1.54) is 0 Å². The summed E-state index contributed by atoms with van der Waals surface area (Å²) in [6, 6.07) is 2.42. The predicted octanol–water partition coefficient (Wildman–Crippen LogP) is -0.297. The van der Waals surface area contributed by atoms with E-state index < -0.39 is 135 Å². The van der Waals surface area contributed by atoms with Crippen molar-refractivity contribution >= 4 is 17.9 Å². The molecule has 0 aromatic heterocycles. The molecule has 0 saturated carbocycles. The van der Waals surface area contributed by atoms with Crippen LogP contribution in [0, 0.1) is 0 Å². The van der Waals surface area contributed by atoms with Gasteiger partial charge in [-0.15, -0.1) is 0 Å². The fourth-order valence-corrected chi connectivity index (χ4v) is 4.78. The van der Waals surface area contributed by atoms with Gasteiger partial charge in [0, 0.05) is 11.1 Å². The van der Waals surface area contributed by atoms with E-state index in [0.717, 1.165) is 0 Å². The van der Waals surface area contributed by atoms with Gasteiger partial charge in [0.05, 0.1) is 23.3 Å². The largest absolute Gasteiger partial charge is 0.504 e. The predicted molar refractivity (Wildman–Crippen MR) is 139 cm³/mol. The minimum Gasteiger partial charge on any atom is -0.504 e. The van der Waals surface area contributed by atoms with Crippen LogP contribution in [0.15, 0.2) is 24.3 Å². The number of carbonyl (C=O) groups excluding carboxylic acids is 3. The number of aliphatic hydroxyl groups excluding tert-OH is 2. The summed E-state index contributed by atoms with van der Waals surface area (Å²) in [6.45, 7) is -0.999. The van der Waals surface area contributed by atoms with Gasteiger partial charge in [-0.2, -0.15) is 0 Å². The van der Waals surface area contributed by atoms with E-state index in [0.29, 0.717) is 24.3 Å². The van der Waals surface area contributed by atoms with E-state index in [1.807, 2.05) is 0 Å². The number of ether oxygens (including phenoxy) is 4. The highest BCUT2D eigenvalue weighted by molar-refractivity contribution is 6.08. The molecule has 0 spiro atoms. The molecule has 0 amide bonds. The van der Waals surface area contributed by atoms with Crippen LogP contribution in [0.4, 0.5) is 0 Å². The minimum atomic E-state index is -2.15. The average molecular weight is 634 g/mol. The number of fused-ring (bicyclic) bond motifs is 4. The van der Waals surface area contributed by atoms with Crippen molar-refractivity contribution in [3.05, 3.63) is 41.0 Å². The van der Waals surface area contributed by atoms with Crippen molar-refractivity contribution in [2.45, 2.75) is 30.7 Å². The van der Waals surface area contributed by atoms with Crippen LogP contribution < -0.4 is 0 Å². The maximum atomic E-state index is 13.6. The van der Waals surface area contributed by atoms with Crippen LogP contribution in [0.2, 0.25) is 0 Å². The van der Waals surface area contributed by atoms with Gasteiger partial charge in [-0.3, -0.25) is 0 Å². The normalized spacial score (nSPS) is 22.7. The molecule has 0 radical (unpaired) electrons. The quantitative estimate of drug-likeness (QED) is 0.100. The van der Waals surface area contributed by atoms with Crippen LogP contribution in [0.5, 0.6) is 51.7 Å². The summed E-state index contributed by atoms with van der Waals surface area (Å²) in [4.78, 5) is 40.0. The Morgan fingerprint density at radius 3 is 1.58 bits per heavy atom. The lowest BCUT2D eigenvalue weighted by atomic mass is 9.91. The molecule has 11 N–H and O–H groups in total. The number of aromatic hydroxyl groups is 9. The van der Waals surface area contributed by atoms with Crippen molar-refractivity contribution in [3.8, 4) is 62.9 Å². The first-order chi connectivity index (χ1) is 21.2. The lowest BCUT2D eigenvalue weighted by Crippen LogP contribution is -2.62. The number of rotatable bonds is 3. The maximum absolute atomic E-state index is 13.6. The highest BCUT2D eigenvalue weighted by Gasteiger charge is 2.52. The smallest absolute Gasteiger partial charge is 0.340 e. The molecule has 18 heteroatoms. The number of benzene rings is 3. The molecule has 45 heavy (non-hydrogen) atoms. The number of hydrogen-bond acceptors (Lipinski definition) is 18. The first kappa shape index (κ1) is 30.6. The molecule has 0 unspecified atom stereocenters. The van der Waals surface area contributed by atoms with Crippen LogP contribution >= 0.6 is 0 Å². The summed E-state index contributed by atoms with van der Waals surface area (Å²) >= 11 is 0. The average Bonchev–Trinajstić information content (AvgIpc) is 2.99. The highest BCUT2D eigenvalue weighted by Crippen LogP contribution is 2.53. The lowest BCUT2D eigenvalue weighted by Gasteiger charge is -2.42. The van der Waals surface area contributed by atoms with Crippen molar-refractivity contribution in [2.24, 2.45) is 0 Å². The molecular weight excluding hydrogens is 612 g/mol. The monoisotopic (exact) mass is 634 g/mol. The Balaban J connectivity index is 1.68. The fourth-order valence-electron chi connectivity index (χ4n) is 4.78. The SMILES string of the molecule is O=C(O[C@H]1O[C@@H](CO)[C@@H](O)[C@@H]2OC(=O)c3cc(O)c(O)c(O)c3-c3c(cc(O)c(O)c3O)C(=O)O[C@@H]12)c1cc(O)c(O)c(O)c1. The van der Waals surface area contributed by atoms with Gasteiger partial charge < -0.3 is 75.1 Å². The summed E-state index contributed by atoms with van der Waals surface area (Å²) in [5.41, 5.74) is -4.17. The molecule has 3 aromatic carbocycles. The van der Waals surface area contributed by atoms with Gasteiger partial charge >= 0.3 is 17.9 Å². The van der Waals surface area contributed by atoms with Crippen molar-refractivity contribution < 1.29 is 89.5 Å². The summed E-state index contributed by atoms with van der Waals surface area (Å²) in [5, 5.41) is 112. The molecule has 3 aromatic rings. The van der Waals surface area contributed by atoms with Crippen molar-refractivity contribution in [1.29, 1.82) is 0 Å². The van der Waals surface area contributed by atoms with E-state index in [-0.39, 0.29) is 0 Å². The Hall–Kier alpha value is -5.85. The molecule has 2 aliphatic rings. The first-order valence-electron chi connectivity index (χ1n) is 12.5. The fraction of sp³-hybridized carbons (Fsp3) is 0.222. The third-order valence-corrected chi connectivity index (χ3v) is 7.01. The second-order valence-corrected chi connectivity index (χ2v) is 9.76. The van der Waals surface area contributed by atoms with Crippen LogP contribution in [-0.2, 0) is 18.9 Å². The minimum absolute atomic E-state index is 0.529. The molecule has 0 bridgehead atoms. The van der Waals surface area contributed by atoms with Gasteiger partial charge in [-0.05, 0) is 24.3 Å². The number of phenolic OH excluding ortho intramolecular Hbond substituents is 9. The Bertz CT molecular complexity index is 1730. The molecular formula is C27H22O18. The van der Waals surface area contributed by atoms with Gasteiger partial charge in [-0.1, -0.05) is 0 Å². The van der Waals surface area contributed by atoms with Gasteiger partial charge in [0.25, 0.3) is 0 Å². The second kappa shape index (κ2) is 11.0. The lowest BCUT2D eigenvalue weighted by molar-refractivity contribution is -0.283.